The summed E-state index contributed by atoms with van der Waals surface area (Å²) in [7, 11) is 0. The average molecular weight is 218 g/mol. The highest BCUT2D eigenvalue weighted by Crippen LogP contribution is 2.32. The highest BCUT2D eigenvalue weighted by atomic mass is 19.4. The van der Waals surface area contributed by atoms with Gasteiger partial charge in [-0.15, -0.1) is 0 Å². The number of Topliss-reactive ketones (excluding diaryl/α,β-unsaturated/α-hetero) is 1. The van der Waals surface area contributed by atoms with Crippen LogP contribution < -0.4 is 0 Å². The first-order valence-corrected chi connectivity index (χ1v) is 4.07. The zero-order valence-corrected chi connectivity index (χ0v) is 7.79. The third-order valence-electron chi connectivity index (χ3n) is 1.63. The lowest BCUT2D eigenvalue weighted by Crippen LogP contribution is -2.40. The molecule has 14 heavy (non-hydrogen) atoms. The van der Waals surface area contributed by atoms with Gasteiger partial charge in [0.15, 0.2) is 0 Å². The second-order valence-electron chi connectivity index (χ2n) is 3.46. The second kappa shape index (κ2) is 4.23. The summed E-state index contributed by atoms with van der Waals surface area (Å²) in [6.45, 7) is 3.18. The van der Waals surface area contributed by atoms with Crippen molar-refractivity contribution in [3.05, 3.63) is 0 Å². The van der Waals surface area contributed by atoms with Crippen molar-refractivity contribution in [1.82, 2.24) is 0 Å². The lowest BCUT2D eigenvalue weighted by atomic mass is 10.0. The molecule has 1 nitrogen and oxygen atoms in total. The maximum absolute atomic E-state index is 12.6. The molecule has 0 atom stereocenters. The minimum absolute atomic E-state index is 0.116. The van der Waals surface area contributed by atoms with Crippen molar-refractivity contribution in [2.45, 2.75) is 38.8 Å². The van der Waals surface area contributed by atoms with Gasteiger partial charge >= 0.3 is 17.9 Å². The Bertz CT molecular complexity index is 206. The van der Waals surface area contributed by atoms with E-state index >= 15 is 0 Å². The lowest BCUT2D eigenvalue weighted by Gasteiger charge is -2.17. The molecule has 6 heteroatoms. The van der Waals surface area contributed by atoms with Crippen LogP contribution in [0.15, 0.2) is 0 Å². The molecule has 0 saturated heterocycles. The Labute approximate surface area is 78.3 Å². The zero-order valence-electron chi connectivity index (χ0n) is 7.79. The van der Waals surface area contributed by atoms with E-state index in [0.717, 1.165) is 0 Å². The highest BCUT2D eigenvalue weighted by Gasteiger charge is 2.54. The fourth-order valence-electron chi connectivity index (χ4n) is 0.791. The monoisotopic (exact) mass is 218 g/mol. The van der Waals surface area contributed by atoms with Gasteiger partial charge in [-0.1, -0.05) is 13.8 Å². The van der Waals surface area contributed by atoms with Gasteiger partial charge in [-0.3, -0.25) is 4.79 Å². The second-order valence-corrected chi connectivity index (χ2v) is 3.46. The first kappa shape index (κ1) is 13.3. The van der Waals surface area contributed by atoms with Gasteiger partial charge < -0.3 is 0 Å². The first-order chi connectivity index (χ1) is 6.07. The summed E-state index contributed by atoms with van der Waals surface area (Å²) >= 11 is 0. The number of hydrogen-bond donors (Lipinski definition) is 0. The third kappa shape index (κ3) is 4.02. The van der Waals surface area contributed by atoms with Gasteiger partial charge in [0, 0.05) is 6.42 Å². The van der Waals surface area contributed by atoms with Gasteiger partial charge in [-0.05, 0) is 12.3 Å². The van der Waals surface area contributed by atoms with Crippen molar-refractivity contribution in [2.75, 3.05) is 0 Å². The molecular formula is C8H11F5O. The molecule has 0 aromatic heterocycles. The van der Waals surface area contributed by atoms with E-state index in [1.807, 2.05) is 0 Å². The molecule has 0 amide bonds. The number of hydrogen-bond acceptors (Lipinski definition) is 1. The highest BCUT2D eigenvalue weighted by molar-refractivity contribution is 5.90. The standard InChI is InChI=1S/C8H11F5O/c1-5(2)3-4-7(9,10)6(14)8(11,12)13/h5H,3-4H2,1-2H3. The number of carbonyl (C=O) groups excluding carboxylic acids is 1. The largest absolute Gasteiger partial charge is 0.456 e. The average Bonchev–Trinajstić information content (AvgIpc) is 1.98. The predicted molar refractivity (Wildman–Crippen MR) is 40.1 cm³/mol. The fraction of sp³-hybridized carbons (Fsp3) is 0.875. The van der Waals surface area contributed by atoms with Crippen LogP contribution in [0.2, 0.25) is 0 Å². The molecule has 0 aromatic carbocycles. The van der Waals surface area contributed by atoms with E-state index in [4.69, 9.17) is 0 Å². The SMILES string of the molecule is CC(C)CCC(F)(F)C(=O)C(F)(F)F. The quantitative estimate of drug-likeness (QED) is 0.662. The summed E-state index contributed by atoms with van der Waals surface area (Å²) in [5, 5.41) is 0. The Kier molecular flexibility index (Phi) is 4.02. The van der Waals surface area contributed by atoms with Crippen LogP contribution in [0.3, 0.4) is 0 Å². The number of alkyl halides is 5. The Morgan fingerprint density at radius 3 is 1.86 bits per heavy atom. The van der Waals surface area contributed by atoms with Crippen LogP contribution in [0.5, 0.6) is 0 Å². The Hall–Kier alpha value is -0.680. The Balaban J connectivity index is 4.39. The summed E-state index contributed by atoms with van der Waals surface area (Å²) < 4.78 is 60.1. The maximum Gasteiger partial charge on any atom is 0.456 e. The molecule has 0 aliphatic rings. The van der Waals surface area contributed by atoms with E-state index in [1.165, 1.54) is 0 Å². The molecule has 0 aliphatic heterocycles. The molecule has 0 aromatic rings. The van der Waals surface area contributed by atoms with Gasteiger partial charge in [-0.25, -0.2) is 0 Å². The van der Waals surface area contributed by atoms with Crippen molar-refractivity contribution in [3.63, 3.8) is 0 Å². The van der Waals surface area contributed by atoms with Crippen LogP contribution in [0.25, 0.3) is 0 Å². The van der Waals surface area contributed by atoms with E-state index in [9.17, 15) is 26.7 Å². The smallest absolute Gasteiger partial charge is 0.283 e. The lowest BCUT2D eigenvalue weighted by molar-refractivity contribution is -0.196. The van der Waals surface area contributed by atoms with Crippen LogP contribution in [0.4, 0.5) is 22.0 Å². The molecule has 0 bridgehead atoms. The normalized spacial score (nSPS) is 13.4. The molecular weight excluding hydrogens is 207 g/mol. The predicted octanol–water partition coefficient (Wildman–Crippen LogP) is 3.19. The first-order valence-electron chi connectivity index (χ1n) is 4.07. The minimum atomic E-state index is -5.46. The van der Waals surface area contributed by atoms with E-state index in [2.05, 4.69) is 0 Å². The molecule has 0 unspecified atom stereocenters. The van der Waals surface area contributed by atoms with Crippen LogP contribution >= 0.6 is 0 Å². The van der Waals surface area contributed by atoms with Crippen molar-refractivity contribution in [2.24, 2.45) is 5.92 Å². The van der Waals surface area contributed by atoms with E-state index < -0.39 is 24.3 Å². The van der Waals surface area contributed by atoms with Crippen molar-refractivity contribution in [3.8, 4) is 0 Å². The van der Waals surface area contributed by atoms with Crippen molar-refractivity contribution >= 4 is 5.78 Å². The van der Waals surface area contributed by atoms with Gasteiger partial charge in [0.1, 0.15) is 0 Å². The molecule has 84 valence electrons. The van der Waals surface area contributed by atoms with Crippen LogP contribution in [-0.4, -0.2) is 17.9 Å². The molecule has 0 heterocycles. The molecule has 0 fully saturated rings. The number of rotatable bonds is 4. The molecule has 0 N–H and O–H groups in total. The van der Waals surface area contributed by atoms with Gasteiger partial charge in [0.2, 0.25) is 0 Å². The van der Waals surface area contributed by atoms with Crippen molar-refractivity contribution < 1.29 is 26.7 Å². The van der Waals surface area contributed by atoms with Gasteiger partial charge in [0.25, 0.3) is 0 Å². The van der Waals surface area contributed by atoms with Crippen LogP contribution in [-0.2, 0) is 4.79 Å². The van der Waals surface area contributed by atoms with Crippen LogP contribution in [0.1, 0.15) is 26.7 Å². The summed E-state index contributed by atoms with van der Waals surface area (Å²) in [4.78, 5) is 10.2. The summed E-state index contributed by atoms with van der Waals surface area (Å²) in [5.41, 5.74) is 0. The summed E-state index contributed by atoms with van der Waals surface area (Å²) in [6, 6.07) is 0. The van der Waals surface area contributed by atoms with E-state index in [-0.39, 0.29) is 12.3 Å². The summed E-state index contributed by atoms with van der Waals surface area (Å²) in [6.07, 6.45) is -6.63. The zero-order chi connectivity index (χ0) is 11.6. The van der Waals surface area contributed by atoms with E-state index in [0.29, 0.717) is 0 Å². The molecule has 0 spiro atoms. The molecule has 0 rings (SSSR count). The fourth-order valence-corrected chi connectivity index (χ4v) is 0.791. The number of carbonyl (C=O) groups is 1. The minimum Gasteiger partial charge on any atom is -0.283 e. The maximum atomic E-state index is 12.6. The number of ketones is 1. The summed E-state index contributed by atoms with van der Waals surface area (Å²) in [5.74, 6) is -7.41. The van der Waals surface area contributed by atoms with Gasteiger partial charge in [0.05, 0.1) is 0 Å². The van der Waals surface area contributed by atoms with Gasteiger partial charge in [-0.2, -0.15) is 22.0 Å². The number of halogens is 5. The van der Waals surface area contributed by atoms with E-state index in [1.54, 1.807) is 13.8 Å². The topological polar surface area (TPSA) is 17.1 Å². The van der Waals surface area contributed by atoms with Crippen LogP contribution in [0, 0.1) is 5.92 Å². The van der Waals surface area contributed by atoms with Crippen molar-refractivity contribution in [1.29, 1.82) is 0 Å². The third-order valence-corrected chi connectivity index (χ3v) is 1.63. The molecule has 0 radical (unpaired) electrons. The molecule has 0 saturated carbocycles. The Morgan fingerprint density at radius 1 is 1.14 bits per heavy atom. The Morgan fingerprint density at radius 2 is 1.57 bits per heavy atom. The molecule has 0 aliphatic carbocycles.